The van der Waals surface area contributed by atoms with Crippen molar-refractivity contribution in [3.8, 4) is 0 Å². The molecule has 140 heavy (non-hydrogen) atoms. The number of piperazine rings is 3. The van der Waals surface area contributed by atoms with Crippen LogP contribution in [0.5, 0.6) is 0 Å². The first kappa shape index (κ1) is 118. The SMILES string of the molecule is CC(C)(C)CC(=O)N1CCC(N2CCN(CC(=O)N3CCOCC3)CC2)CC1.CC(C)(C)CC(=O)N1CCC(N2CCO[C@@H](CO)C2)CC1.CC(C)(C)Cc1cn(C2CCN(C3COC3)CC2)nn1.CC(C)CC(=O)N1CCC(N2CCOCC2CO)CC1.CN(C)C(=O)CN1CCC(N2CCN(C(=O)C(C)(C)C)CC2)CC1.C[C@@H]1CN(CC(=O)N(C)C)CCN1CC1CCN(C(=O)CC(C)(C)C)CC1. The molecule has 8 amide bonds. The van der Waals surface area contributed by atoms with Gasteiger partial charge in [-0.3, -0.25) is 82.5 Å². The summed E-state index contributed by atoms with van der Waals surface area (Å²) < 4.78 is 23.6. The highest BCUT2D eigenvalue weighted by atomic mass is 16.5. The normalized spacial score (nSPS) is 24.0. The van der Waals surface area contributed by atoms with Gasteiger partial charge < -0.3 is 68.4 Å². The predicted octanol–water partition coefficient (Wildman–Crippen LogP) is 7.10. The Morgan fingerprint density at radius 2 is 0.836 bits per heavy atom. The molecule has 14 rings (SSSR count). The number of carbonyl (C=O) groups excluding carboxylic acids is 8. The summed E-state index contributed by atoms with van der Waals surface area (Å²) in [6.45, 7) is 72.5. The Morgan fingerprint density at radius 3 is 1.29 bits per heavy atom. The van der Waals surface area contributed by atoms with Crippen LogP contribution >= 0.6 is 0 Å². The van der Waals surface area contributed by atoms with Crippen LogP contribution in [0.15, 0.2) is 6.20 Å². The molecular formula is C106H196N20O14. The first-order valence-electron chi connectivity index (χ1n) is 54.3. The van der Waals surface area contributed by atoms with Crippen LogP contribution in [-0.2, 0) is 63.7 Å². The summed E-state index contributed by atoms with van der Waals surface area (Å²) >= 11 is 0. The van der Waals surface area contributed by atoms with E-state index < -0.39 is 0 Å². The minimum Gasteiger partial charge on any atom is -0.395 e. The Bertz CT molecular complexity index is 3830. The standard InChI is InChI=1S/C21H38N4O3.C21H40N4O2.C18H34N4O2.C16H30N2O3.C15H26N4O.C15H28N2O3/c1-21(2,3)16-19(26)24-6-4-18(5-7-24)23-10-8-22(9-11-23)17-20(27)25-12-14-28-15-13-25;1-17-14-23(16-20(27)22(5)6)11-12-25(17)15-18-7-9-24(10-8-18)19(26)13-21(2,3)4;1-18(2,3)17(24)22-12-10-21(11-13-22)15-6-8-20(9-7-15)14-16(23)19(4)5;1-16(2,3)10-15(20)17-6-4-13(5-7-17)18-8-9-21-14(11-18)12-19;1-15(2,3)8-12-9-19(17-16-12)13-4-6-18(7-5-13)14-10-20-11-14;1-12(2)9-15(19)16-5-3-13(4-6-16)17-7-8-20-11-14(17)10-18/h18H,4-17H2,1-3H3;17-18H,7-16H2,1-6H3;15H,6-14H2,1-5H3;13-14,19H,4-12H2,1-3H3;9,13-14H,4-8,10-11H2,1-3H3;12-14,18H,3-11H2,1-2H3/t;17-;;14-;;/m.1.1../s1. The third-order valence-corrected chi connectivity index (χ3v) is 30.2. The fourth-order valence-corrected chi connectivity index (χ4v) is 21.6. The first-order valence-corrected chi connectivity index (χ1v) is 54.3. The molecule has 0 spiro atoms. The van der Waals surface area contributed by atoms with Crippen molar-refractivity contribution in [2.24, 2.45) is 38.9 Å². The predicted molar refractivity (Wildman–Crippen MR) is 552 cm³/mol. The Balaban J connectivity index is 0.000000189. The molecule has 3 atom stereocenters. The summed E-state index contributed by atoms with van der Waals surface area (Å²) in [6.07, 6.45) is 18.7. The molecule has 14 heterocycles. The molecule has 1 aromatic heterocycles. The highest BCUT2D eigenvalue weighted by Gasteiger charge is 2.41. The number of hydrogen-bond acceptors (Lipinski definition) is 25. The number of aromatic nitrogens is 3. The summed E-state index contributed by atoms with van der Waals surface area (Å²) in [6, 6.07) is 4.00. The molecule has 13 aliphatic heterocycles. The van der Waals surface area contributed by atoms with Gasteiger partial charge in [0.2, 0.25) is 47.3 Å². The van der Waals surface area contributed by atoms with Gasteiger partial charge >= 0.3 is 0 Å². The lowest BCUT2D eigenvalue weighted by atomic mass is 9.90. The Hall–Kier alpha value is -5.70. The molecular weight excluding hydrogens is 1780 g/mol. The second-order valence-electron chi connectivity index (χ2n) is 49.2. The third kappa shape index (κ3) is 40.5. The third-order valence-electron chi connectivity index (χ3n) is 30.2. The maximum atomic E-state index is 12.4. The Morgan fingerprint density at radius 1 is 0.400 bits per heavy atom. The van der Waals surface area contributed by atoms with Crippen LogP contribution in [0.2, 0.25) is 0 Å². The van der Waals surface area contributed by atoms with Crippen molar-refractivity contribution < 1.29 is 67.5 Å². The number of morpholine rings is 3. The number of ether oxygens (including phenoxy) is 4. The number of aliphatic hydroxyl groups excluding tert-OH is 2. The van der Waals surface area contributed by atoms with E-state index in [1.54, 1.807) is 9.80 Å². The number of carbonyl (C=O) groups is 8. The van der Waals surface area contributed by atoms with Crippen molar-refractivity contribution in [2.75, 3.05) is 297 Å². The summed E-state index contributed by atoms with van der Waals surface area (Å²) in [4.78, 5) is 135. The molecule has 1 unspecified atom stereocenters. The van der Waals surface area contributed by atoms with E-state index in [-0.39, 0.29) is 82.0 Å². The molecule has 13 aliphatic rings. The van der Waals surface area contributed by atoms with Crippen molar-refractivity contribution in [3.63, 3.8) is 0 Å². The largest absolute Gasteiger partial charge is 0.395 e. The van der Waals surface area contributed by atoms with E-state index in [1.165, 1.54) is 12.8 Å². The van der Waals surface area contributed by atoms with E-state index in [1.807, 2.05) is 68.6 Å². The lowest BCUT2D eigenvalue weighted by Crippen LogP contribution is -2.56. The van der Waals surface area contributed by atoms with E-state index in [0.29, 0.717) is 144 Å². The van der Waals surface area contributed by atoms with Crippen LogP contribution in [0.1, 0.15) is 239 Å². The highest BCUT2D eigenvalue weighted by molar-refractivity contribution is 5.82. The van der Waals surface area contributed by atoms with E-state index in [0.717, 1.165) is 286 Å². The summed E-state index contributed by atoms with van der Waals surface area (Å²) in [5.41, 5.74) is 1.29. The van der Waals surface area contributed by atoms with E-state index in [9.17, 15) is 48.6 Å². The highest BCUT2D eigenvalue weighted by Crippen LogP contribution is 2.33. The Kier molecular flexibility index (Phi) is 47.5. The molecule has 34 nitrogen and oxygen atoms in total. The smallest absolute Gasteiger partial charge is 0.236 e. The van der Waals surface area contributed by atoms with Crippen molar-refractivity contribution >= 4 is 47.3 Å². The van der Waals surface area contributed by atoms with Gasteiger partial charge in [-0.2, -0.15) is 0 Å². The van der Waals surface area contributed by atoms with Crippen molar-refractivity contribution in [2.45, 2.75) is 288 Å². The van der Waals surface area contributed by atoms with Gasteiger partial charge in [-0.05, 0) is 124 Å². The molecule has 0 saturated carbocycles. The average Bonchev–Trinajstić information content (AvgIpc) is 1.10. The number of likely N-dealkylation sites (tertiary alicyclic amines) is 6. The zero-order valence-electron chi connectivity index (χ0n) is 91.7. The lowest BCUT2D eigenvalue weighted by Gasteiger charge is -2.44. The molecule has 13 saturated heterocycles. The number of nitrogens with zero attached hydrogens (tertiary/aromatic N) is 20. The van der Waals surface area contributed by atoms with Crippen molar-refractivity contribution in [1.29, 1.82) is 0 Å². The molecule has 34 heteroatoms. The first-order chi connectivity index (χ1) is 66.1. The van der Waals surface area contributed by atoms with Crippen LogP contribution < -0.4 is 0 Å². The van der Waals surface area contributed by atoms with E-state index >= 15 is 0 Å². The lowest BCUT2D eigenvalue weighted by molar-refractivity contribution is -0.142. The molecule has 0 radical (unpaired) electrons. The molecule has 13 fully saturated rings. The number of rotatable bonds is 22. The van der Waals surface area contributed by atoms with E-state index in [2.05, 4.69) is 179 Å². The number of amides is 8. The Labute approximate surface area is 844 Å². The summed E-state index contributed by atoms with van der Waals surface area (Å²) in [7, 11) is 7.27. The number of aliphatic hydroxyl groups is 2. The zero-order chi connectivity index (χ0) is 102. The molecule has 0 aromatic carbocycles. The van der Waals surface area contributed by atoms with Crippen LogP contribution in [0.25, 0.3) is 0 Å². The van der Waals surface area contributed by atoms with Crippen LogP contribution in [0.4, 0.5) is 0 Å². The summed E-state index contributed by atoms with van der Waals surface area (Å²) in [5, 5.41) is 27.4. The average molecular weight is 1970 g/mol. The van der Waals surface area contributed by atoms with Crippen LogP contribution in [-0.4, -0.2) is 501 Å². The van der Waals surface area contributed by atoms with E-state index in [4.69, 9.17) is 18.9 Å². The van der Waals surface area contributed by atoms with Gasteiger partial charge in [0.1, 0.15) is 0 Å². The minimum atomic E-state index is -0.285. The topological polar surface area (TPSA) is 300 Å². The van der Waals surface area contributed by atoms with Gasteiger partial charge in [0.25, 0.3) is 0 Å². The van der Waals surface area contributed by atoms with Gasteiger partial charge in [0.15, 0.2) is 0 Å². The molecule has 804 valence electrons. The maximum absolute atomic E-state index is 12.4. The second kappa shape index (κ2) is 56.5. The van der Waals surface area contributed by atoms with Gasteiger partial charge in [0, 0.05) is 285 Å². The monoisotopic (exact) mass is 1970 g/mol. The van der Waals surface area contributed by atoms with Gasteiger partial charge in [-0.15, -0.1) is 5.10 Å². The molecule has 0 bridgehead atoms. The second-order valence-corrected chi connectivity index (χ2v) is 49.2. The quantitative estimate of drug-likeness (QED) is 0.117. The van der Waals surface area contributed by atoms with Crippen molar-refractivity contribution in [1.82, 2.24) is 98.3 Å². The number of piperidine rings is 6. The number of likely N-dealkylation sites (N-methyl/N-ethyl adjacent to an activating group) is 2. The van der Waals surface area contributed by atoms with Gasteiger partial charge in [-0.1, -0.05) is 123 Å². The minimum absolute atomic E-state index is 0.0423. The fraction of sp³-hybridized carbons (Fsp3) is 0.906. The van der Waals surface area contributed by atoms with Crippen molar-refractivity contribution in [3.05, 3.63) is 11.9 Å². The fourth-order valence-electron chi connectivity index (χ4n) is 21.6. The van der Waals surface area contributed by atoms with Gasteiger partial charge in [0.05, 0.1) is 109 Å². The molecule has 0 aliphatic carbocycles. The number of hydrogen-bond donors (Lipinski definition) is 2. The zero-order valence-corrected chi connectivity index (χ0v) is 91.7. The van der Waals surface area contributed by atoms with Crippen LogP contribution in [0, 0.1) is 38.9 Å². The molecule has 2 N–H and O–H groups in total. The van der Waals surface area contributed by atoms with Gasteiger partial charge in [-0.25, -0.2) is 4.68 Å². The van der Waals surface area contributed by atoms with Crippen LogP contribution in [0.3, 0.4) is 0 Å². The summed E-state index contributed by atoms with van der Waals surface area (Å²) in [5.74, 6) is 3.17. The maximum Gasteiger partial charge on any atom is 0.236 e. The molecule has 1 aromatic rings.